The van der Waals surface area contributed by atoms with Crippen molar-refractivity contribution < 1.29 is 4.79 Å². The molecule has 3 rings (SSSR count). The van der Waals surface area contributed by atoms with E-state index in [1.807, 2.05) is 30.3 Å². The molecule has 4 heteroatoms. The van der Waals surface area contributed by atoms with Crippen LogP contribution in [0, 0.1) is 0 Å². The van der Waals surface area contributed by atoms with Gasteiger partial charge in [0.15, 0.2) is 5.84 Å². The summed E-state index contributed by atoms with van der Waals surface area (Å²) in [6, 6.07) is 9.97. The normalized spacial score (nSPS) is 23.8. The van der Waals surface area contributed by atoms with Crippen molar-refractivity contribution in [2.24, 2.45) is 5.10 Å². The zero-order valence-corrected chi connectivity index (χ0v) is 8.89. The molecule has 0 radical (unpaired) electrons. The van der Waals surface area contributed by atoms with E-state index in [4.69, 9.17) is 0 Å². The third-order valence-electron chi connectivity index (χ3n) is 3.13. The van der Waals surface area contributed by atoms with Crippen molar-refractivity contribution in [1.29, 1.82) is 0 Å². The highest BCUT2D eigenvalue weighted by Crippen LogP contribution is 2.22. The second-order valence-electron chi connectivity index (χ2n) is 4.13. The minimum atomic E-state index is -0.0206. The van der Waals surface area contributed by atoms with Crippen molar-refractivity contribution in [2.45, 2.75) is 18.9 Å². The van der Waals surface area contributed by atoms with Crippen LogP contribution in [0.2, 0.25) is 0 Å². The number of amides is 1. The predicted octanol–water partition coefficient (Wildman–Crippen LogP) is 0.942. The molecule has 1 fully saturated rings. The van der Waals surface area contributed by atoms with Gasteiger partial charge in [0.1, 0.15) is 6.04 Å². The van der Waals surface area contributed by atoms with Gasteiger partial charge >= 0.3 is 0 Å². The number of nitrogens with one attached hydrogen (secondary N) is 1. The molecule has 1 aromatic rings. The molecule has 2 heterocycles. The van der Waals surface area contributed by atoms with Crippen LogP contribution in [0.4, 0.5) is 0 Å². The van der Waals surface area contributed by atoms with Gasteiger partial charge in [-0.05, 0) is 12.8 Å². The van der Waals surface area contributed by atoms with Crippen LogP contribution < -0.4 is 5.43 Å². The maximum Gasteiger partial charge on any atom is 0.262 e. The van der Waals surface area contributed by atoms with E-state index in [0.29, 0.717) is 0 Å². The Kier molecular flexibility index (Phi) is 2.13. The number of hydrazone groups is 1. The molecule has 1 atom stereocenters. The summed E-state index contributed by atoms with van der Waals surface area (Å²) in [5, 5.41) is 4.17. The van der Waals surface area contributed by atoms with Crippen LogP contribution in [0.15, 0.2) is 35.4 Å². The second kappa shape index (κ2) is 3.63. The van der Waals surface area contributed by atoms with E-state index in [0.717, 1.165) is 30.8 Å². The third-order valence-corrected chi connectivity index (χ3v) is 3.13. The number of hydrogen-bond acceptors (Lipinski definition) is 3. The first kappa shape index (κ1) is 9.39. The number of fused-ring (bicyclic) bond motifs is 1. The molecule has 0 aromatic heterocycles. The van der Waals surface area contributed by atoms with E-state index in [9.17, 15) is 4.79 Å². The van der Waals surface area contributed by atoms with E-state index in [2.05, 4.69) is 15.4 Å². The molecule has 1 unspecified atom stereocenters. The number of carbonyl (C=O) groups is 1. The lowest BCUT2D eigenvalue weighted by molar-refractivity contribution is -0.125. The summed E-state index contributed by atoms with van der Waals surface area (Å²) in [7, 11) is 0. The molecule has 0 spiro atoms. The fourth-order valence-corrected chi connectivity index (χ4v) is 2.36. The summed E-state index contributed by atoms with van der Waals surface area (Å²) >= 11 is 0. The van der Waals surface area contributed by atoms with E-state index in [-0.39, 0.29) is 11.9 Å². The summed E-state index contributed by atoms with van der Waals surface area (Å²) in [6.07, 6.45) is 1.99. The van der Waals surface area contributed by atoms with Crippen LogP contribution in [0.5, 0.6) is 0 Å². The van der Waals surface area contributed by atoms with Crippen LogP contribution in [0.1, 0.15) is 18.4 Å². The summed E-state index contributed by atoms with van der Waals surface area (Å²) in [5.74, 6) is 0.917. The molecule has 1 amide bonds. The molecule has 4 nitrogen and oxygen atoms in total. The van der Waals surface area contributed by atoms with Gasteiger partial charge in [0.2, 0.25) is 0 Å². The van der Waals surface area contributed by atoms with Crippen LogP contribution in [0.3, 0.4) is 0 Å². The minimum absolute atomic E-state index is 0.0206. The van der Waals surface area contributed by atoms with Gasteiger partial charge in [0.25, 0.3) is 5.91 Å². The highest BCUT2D eigenvalue weighted by Gasteiger charge is 2.36. The lowest BCUT2D eigenvalue weighted by Gasteiger charge is -2.30. The molecular formula is C12H13N3O. The molecule has 1 N–H and O–H groups in total. The van der Waals surface area contributed by atoms with Crippen LogP contribution in [-0.4, -0.2) is 29.2 Å². The Morgan fingerprint density at radius 2 is 2.12 bits per heavy atom. The van der Waals surface area contributed by atoms with Gasteiger partial charge in [0, 0.05) is 12.1 Å². The molecule has 1 saturated heterocycles. The van der Waals surface area contributed by atoms with Gasteiger partial charge < -0.3 is 4.90 Å². The molecular weight excluding hydrogens is 202 g/mol. The van der Waals surface area contributed by atoms with Gasteiger partial charge in [0.05, 0.1) is 0 Å². The Morgan fingerprint density at radius 1 is 1.31 bits per heavy atom. The first-order valence-corrected chi connectivity index (χ1v) is 5.56. The lowest BCUT2D eigenvalue weighted by Crippen LogP contribution is -2.50. The van der Waals surface area contributed by atoms with E-state index in [1.165, 1.54) is 0 Å². The molecule has 2 aliphatic rings. The number of amidine groups is 1. The summed E-state index contributed by atoms with van der Waals surface area (Å²) < 4.78 is 0. The summed E-state index contributed by atoms with van der Waals surface area (Å²) in [5.41, 5.74) is 3.67. The van der Waals surface area contributed by atoms with Crippen LogP contribution in [0.25, 0.3) is 0 Å². The fraction of sp³-hybridized carbons (Fsp3) is 0.333. The maximum atomic E-state index is 11.6. The van der Waals surface area contributed by atoms with Crippen LogP contribution >= 0.6 is 0 Å². The average Bonchev–Trinajstić information content (AvgIpc) is 2.81. The summed E-state index contributed by atoms with van der Waals surface area (Å²) in [4.78, 5) is 13.7. The minimum Gasteiger partial charge on any atom is -0.343 e. The molecule has 1 aromatic carbocycles. The Bertz CT molecular complexity index is 441. The largest absolute Gasteiger partial charge is 0.343 e. The molecule has 16 heavy (non-hydrogen) atoms. The number of hydrogen-bond donors (Lipinski definition) is 1. The lowest BCUT2D eigenvalue weighted by atomic mass is 10.1. The molecule has 0 saturated carbocycles. The number of rotatable bonds is 1. The number of carbonyl (C=O) groups excluding carboxylic acids is 1. The van der Waals surface area contributed by atoms with Gasteiger partial charge in [-0.3, -0.25) is 4.79 Å². The first-order valence-electron chi connectivity index (χ1n) is 5.56. The number of nitrogens with zero attached hydrogens (tertiary/aromatic N) is 2. The topological polar surface area (TPSA) is 44.7 Å². The SMILES string of the molecule is O=C1NN=C(c2ccccc2)N2CCCC12. The number of benzene rings is 1. The van der Waals surface area contributed by atoms with Crippen molar-refractivity contribution in [3.8, 4) is 0 Å². The van der Waals surface area contributed by atoms with E-state index < -0.39 is 0 Å². The van der Waals surface area contributed by atoms with Gasteiger partial charge in [-0.25, -0.2) is 5.43 Å². The predicted molar refractivity (Wildman–Crippen MR) is 60.8 cm³/mol. The quantitative estimate of drug-likeness (QED) is 0.757. The van der Waals surface area contributed by atoms with Crippen molar-refractivity contribution >= 4 is 11.7 Å². The van der Waals surface area contributed by atoms with Crippen molar-refractivity contribution in [3.63, 3.8) is 0 Å². The maximum absolute atomic E-state index is 11.6. The third kappa shape index (κ3) is 1.38. The fourth-order valence-electron chi connectivity index (χ4n) is 2.36. The zero-order chi connectivity index (χ0) is 11.0. The van der Waals surface area contributed by atoms with Crippen molar-refractivity contribution in [1.82, 2.24) is 10.3 Å². The standard InChI is InChI=1S/C12H13N3O/c16-12-10-7-4-8-15(10)11(13-14-12)9-5-2-1-3-6-9/h1-3,5-6,10H,4,7-8H2,(H,14,16). The molecule has 82 valence electrons. The monoisotopic (exact) mass is 215 g/mol. The van der Waals surface area contributed by atoms with Gasteiger partial charge in [-0.2, -0.15) is 5.10 Å². The zero-order valence-electron chi connectivity index (χ0n) is 8.89. The van der Waals surface area contributed by atoms with Crippen molar-refractivity contribution in [2.75, 3.05) is 6.54 Å². The Morgan fingerprint density at radius 3 is 2.94 bits per heavy atom. The molecule has 2 aliphatic heterocycles. The highest BCUT2D eigenvalue weighted by atomic mass is 16.2. The van der Waals surface area contributed by atoms with E-state index in [1.54, 1.807) is 0 Å². The van der Waals surface area contributed by atoms with Crippen LogP contribution in [-0.2, 0) is 4.79 Å². The summed E-state index contributed by atoms with van der Waals surface area (Å²) in [6.45, 7) is 0.922. The smallest absolute Gasteiger partial charge is 0.262 e. The molecule has 0 aliphatic carbocycles. The Balaban J connectivity index is 1.99. The Hall–Kier alpha value is -1.84. The highest BCUT2D eigenvalue weighted by molar-refractivity contribution is 6.04. The van der Waals surface area contributed by atoms with E-state index >= 15 is 0 Å². The molecule has 0 bridgehead atoms. The average molecular weight is 215 g/mol. The Labute approximate surface area is 93.9 Å². The van der Waals surface area contributed by atoms with Gasteiger partial charge in [-0.1, -0.05) is 30.3 Å². The van der Waals surface area contributed by atoms with Gasteiger partial charge in [-0.15, -0.1) is 0 Å². The first-order chi connectivity index (χ1) is 7.86. The second-order valence-corrected chi connectivity index (χ2v) is 4.13. The van der Waals surface area contributed by atoms with Crippen molar-refractivity contribution in [3.05, 3.63) is 35.9 Å².